The van der Waals surface area contributed by atoms with Gasteiger partial charge in [0.25, 0.3) is 0 Å². The SMILES string of the molecule is CC(=O)[C@@]1(O)CC[C@H]2[C@@H]3C(=O)CC4=C[C@@H](O)CC[C@]4(C)[C@H]3CC[C@@]21C. The fourth-order valence-electron chi connectivity index (χ4n) is 7.00. The van der Waals surface area contributed by atoms with Gasteiger partial charge < -0.3 is 10.2 Å². The highest BCUT2D eigenvalue weighted by Crippen LogP contribution is 2.66. The zero-order valence-corrected chi connectivity index (χ0v) is 15.5. The molecule has 138 valence electrons. The molecule has 7 atom stereocenters. The van der Waals surface area contributed by atoms with Crippen LogP contribution in [0.4, 0.5) is 0 Å². The van der Waals surface area contributed by atoms with Crippen molar-refractivity contribution in [2.24, 2.45) is 28.6 Å². The summed E-state index contributed by atoms with van der Waals surface area (Å²) in [5, 5.41) is 21.1. The van der Waals surface area contributed by atoms with Crippen molar-refractivity contribution in [2.75, 3.05) is 0 Å². The molecule has 0 saturated heterocycles. The van der Waals surface area contributed by atoms with E-state index in [9.17, 15) is 19.8 Å². The average Bonchev–Trinajstić information content (AvgIpc) is 2.82. The highest BCUT2D eigenvalue weighted by atomic mass is 16.3. The molecular weight excluding hydrogens is 316 g/mol. The summed E-state index contributed by atoms with van der Waals surface area (Å²) in [6, 6.07) is 0. The Morgan fingerprint density at radius 3 is 2.48 bits per heavy atom. The summed E-state index contributed by atoms with van der Waals surface area (Å²) < 4.78 is 0. The van der Waals surface area contributed by atoms with Gasteiger partial charge in [0, 0.05) is 17.8 Å². The van der Waals surface area contributed by atoms with Crippen molar-refractivity contribution in [3.8, 4) is 0 Å². The smallest absolute Gasteiger partial charge is 0.161 e. The molecule has 0 spiro atoms. The summed E-state index contributed by atoms with van der Waals surface area (Å²) in [6.45, 7) is 5.80. The van der Waals surface area contributed by atoms with Crippen LogP contribution in [-0.2, 0) is 9.59 Å². The number of hydrogen-bond donors (Lipinski definition) is 2. The van der Waals surface area contributed by atoms with Crippen LogP contribution >= 0.6 is 0 Å². The van der Waals surface area contributed by atoms with E-state index in [1.54, 1.807) is 0 Å². The number of aliphatic hydroxyl groups is 2. The second-order valence-electron chi connectivity index (χ2n) is 9.51. The van der Waals surface area contributed by atoms with Gasteiger partial charge in [-0.05, 0) is 62.7 Å². The number of ketones is 2. The number of aliphatic hydroxyl groups excluding tert-OH is 1. The van der Waals surface area contributed by atoms with E-state index in [1.807, 2.05) is 13.0 Å². The molecule has 3 saturated carbocycles. The van der Waals surface area contributed by atoms with E-state index in [0.717, 1.165) is 37.7 Å². The number of carbonyl (C=O) groups is 2. The molecule has 0 aromatic carbocycles. The van der Waals surface area contributed by atoms with Gasteiger partial charge in [0.05, 0.1) is 6.10 Å². The zero-order chi connectivity index (χ0) is 18.2. The summed E-state index contributed by atoms with van der Waals surface area (Å²) in [4.78, 5) is 25.3. The number of hydrogen-bond acceptors (Lipinski definition) is 4. The minimum absolute atomic E-state index is 0.0178. The predicted molar refractivity (Wildman–Crippen MR) is 93.7 cm³/mol. The van der Waals surface area contributed by atoms with Crippen molar-refractivity contribution in [2.45, 2.75) is 77.4 Å². The lowest BCUT2D eigenvalue weighted by Crippen LogP contribution is -2.59. The Balaban J connectivity index is 1.75. The van der Waals surface area contributed by atoms with Crippen molar-refractivity contribution in [3.05, 3.63) is 11.6 Å². The highest BCUT2D eigenvalue weighted by Gasteiger charge is 2.67. The maximum atomic E-state index is 13.1. The molecule has 0 aromatic rings. The first-order chi connectivity index (χ1) is 11.6. The van der Waals surface area contributed by atoms with Gasteiger partial charge in [-0.2, -0.15) is 0 Å². The molecule has 3 fully saturated rings. The van der Waals surface area contributed by atoms with Gasteiger partial charge in [-0.3, -0.25) is 9.59 Å². The average molecular weight is 346 g/mol. The van der Waals surface area contributed by atoms with Gasteiger partial charge in [-0.25, -0.2) is 0 Å². The van der Waals surface area contributed by atoms with Gasteiger partial charge >= 0.3 is 0 Å². The van der Waals surface area contributed by atoms with Crippen molar-refractivity contribution < 1.29 is 19.8 Å². The second kappa shape index (κ2) is 5.26. The Labute approximate surface area is 149 Å². The lowest BCUT2D eigenvalue weighted by molar-refractivity contribution is -0.164. The predicted octanol–water partition coefficient (Wildman–Crippen LogP) is 2.81. The van der Waals surface area contributed by atoms with Crippen LogP contribution < -0.4 is 0 Å². The lowest BCUT2D eigenvalue weighted by atomic mass is 9.46. The van der Waals surface area contributed by atoms with Crippen molar-refractivity contribution >= 4 is 11.6 Å². The van der Waals surface area contributed by atoms with Crippen LogP contribution in [0.3, 0.4) is 0 Å². The standard InChI is InChI=1S/C21H30O4/c1-12(22)21(25)9-6-16-18-15(5-8-20(16,21)3)19(2)7-4-14(23)10-13(19)11-17(18)24/h10,14-16,18,23,25H,4-9,11H2,1-3H3/t14-,15-,16-,18+,19-,20-,21-/m0/s1. The van der Waals surface area contributed by atoms with Crippen molar-refractivity contribution in [3.63, 3.8) is 0 Å². The summed E-state index contributed by atoms with van der Waals surface area (Å²) in [6.07, 6.45) is 6.54. The summed E-state index contributed by atoms with van der Waals surface area (Å²) in [5.41, 5.74) is -0.652. The Bertz CT molecular complexity index is 667. The Kier molecular flexibility index (Phi) is 3.66. The number of Topliss-reactive ketones (excluding diaryl/α,β-unsaturated/α-hetero) is 2. The molecular formula is C21H30O4. The third-order valence-electron chi connectivity index (χ3n) is 8.65. The number of rotatable bonds is 1. The molecule has 0 amide bonds. The molecule has 4 heteroatoms. The monoisotopic (exact) mass is 346 g/mol. The van der Waals surface area contributed by atoms with Crippen molar-refractivity contribution in [1.82, 2.24) is 0 Å². The van der Waals surface area contributed by atoms with Crippen LogP contribution in [0.2, 0.25) is 0 Å². The first-order valence-electron chi connectivity index (χ1n) is 9.79. The van der Waals surface area contributed by atoms with Gasteiger partial charge in [0.2, 0.25) is 0 Å². The largest absolute Gasteiger partial charge is 0.389 e. The fourth-order valence-corrected chi connectivity index (χ4v) is 7.00. The summed E-state index contributed by atoms with van der Waals surface area (Å²) in [7, 11) is 0. The quantitative estimate of drug-likeness (QED) is 0.716. The lowest BCUT2D eigenvalue weighted by Gasteiger charge is -2.58. The normalized spacial score (nSPS) is 52.0. The second-order valence-corrected chi connectivity index (χ2v) is 9.51. The van der Waals surface area contributed by atoms with E-state index in [0.29, 0.717) is 12.8 Å². The number of fused-ring (bicyclic) bond motifs is 5. The molecule has 0 aliphatic heterocycles. The third-order valence-corrected chi connectivity index (χ3v) is 8.65. The maximum Gasteiger partial charge on any atom is 0.161 e. The molecule has 2 N–H and O–H groups in total. The Morgan fingerprint density at radius 2 is 1.80 bits per heavy atom. The molecule has 4 nitrogen and oxygen atoms in total. The van der Waals surface area contributed by atoms with Gasteiger partial charge in [0.15, 0.2) is 5.78 Å². The van der Waals surface area contributed by atoms with Gasteiger partial charge in [0.1, 0.15) is 11.4 Å². The zero-order valence-electron chi connectivity index (χ0n) is 15.5. The van der Waals surface area contributed by atoms with E-state index >= 15 is 0 Å². The molecule has 0 bridgehead atoms. The molecule has 0 unspecified atom stereocenters. The first-order valence-corrected chi connectivity index (χ1v) is 9.79. The van der Waals surface area contributed by atoms with Gasteiger partial charge in [-0.15, -0.1) is 0 Å². The van der Waals surface area contributed by atoms with Crippen LogP contribution in [0.15, 0.2) is 11.6 Å². The minimum atomic E-state index is -1.28. The topological polar surface area (TPSA) is 74.6 Å². The van der Waals surface area contributed by atoms with Crippen LogP contribution in [-0.4, -0.2) is 33.5 Å². The van der Waals surface area contributed by atoms with E-state index in [2.05, 4.69) is 6.92 Å². The molecule has 4 aliphatic rings. The molecule has 0 heterocycles. The minimum Gasteiger partial charge on any atom is -0.389 e. The van der Waals surface area contributed by atoms with Gasteiger partial charge in [-0.1, -0.05) is 25.5 Å². The molecule has 0 aromatic heterocycles. The molecule has 0 radical (unpaired) electrons. The molecule has 4 aliphatic carbocycles. The number of allylic oxidation sites excluding steroid dienone is 1. The first kappa shape index (κ1) is 17.4. The van der Waals surface area contributed by atoms with Crippen LogP contribution in [0.5, 0.6) is 0 Å². The Hall–Kier alpha value is -1.00. The highest BCUT2D eigenvalue weighted by molar-refractivity contribution is 5.89. The van der Waals surface area contributed by atoms with Crippen LogP contribution in [0.1, 0.15) is 65.7 Å². The van der Waals surface area contributed by atoms with Crippen LogP contribution in [0, 0.1) is 28.6 Å². The summed E-state index contributed by atoms with van der Waals surface area (Å²) >= 11 is 0. The van der Waals surface area contributed by atoms with E-state index in [4.69, 9.17) is 0 Å². The maximum absolute atomic E-state index is 13.1. The van der Waals surface area contributed by atoms with E-state index in [-0.39, 0.29) is 34.7 Å². The summed E-state index contributed by atoms with van der Waals surface area (Å²) in [5.74, 6) is 0.431. The number of carbonyl (C=O) groups excluding carboxylic acids is 2. The van der Waals surface area contributed by atoms with Crippen LogP contribution in [0.25, 0.3) is 0 Å². The third kappa shape index (κ3) is 2.07. The fraction of sp³-hybridized carbons (Fsp3) is 0.810. The van der Waals surface area contributed by atoms with E-state index < -0.39 is 17.1 Å². The van der Waals surface area contributed by atoms with E-state index in [1.165, 1.54) is 6.92 Å². The molecule has 25 heavy (non-hydrogen) atoms. The molecule has 4 rings (SSSR count). The van der Waals surface area contributed by atoms with Crippen molar-refractivity contribution in [1.29, 1.82) is 0 Å². The Morgan fingerprint density at radius 1 is 1.12 bits per heavy atom.